The van der Waals surface area contributed by atoms with Crippen LogP contribution in [0, 0.1) is 6.92 Å². The number of aryl methyl sites for hydroxylation is 1. The van der Waals surface area contributed by atoms with Crippen LogP contribution in [0.2, 0.25) is 0 Å². The van der Waals surface area contributed by atoms with Crippen LogP contribution < -0.4 is 0 Å². The van der Waals surface area contributed by atoms with Crippen molar-refractivity contribution in [1.29, 1.82) is 0 Å². The van der Waals surface area contributed by atoms with Crippen molar-refractivity contribution < 1.29 is 4.79 Å². The van der Waals surface area contributed by atoms with Gasteiger partial charge in [-0.2, -0.15) is 5.10 Å². The van der Waals surface area contributed by atoms with Crippen LogP contribution in [-0.2, 0) is 6.54 Å². The zero-order valence-electron chi connectivity index (χ0n) is 15.0. The number of aromatic nitrogens is 3. The summed E-state index contributed by atoms with van der Waals surface area (Å²) in [7, 11) is 0. The SMILES string of the molecule is Cc1ccc(-c2cc(C(=O)N(Cc3ccc4[nH]ccc4c3)C3CC3)n[nH]2)s1. The molecule has 0 atom stereocenters. The van der Waals surface area contributed by atoms with Gasteiger partial charge in [0, 0.05) is 29.2 Å². The van der Waals surface area contributed by atoms with Gasteiger partial charge in [-0.15, -0.1) is 11.3 Å². The summed E-state index contributed by atoms with van der Waals surface area (Å²) in [6.07, 6.45) is 4.08. The van der Waals surface area contributed by atoms with E-state index in [2.05, 4.69) is 58.5 Å². The number of hydrogen-bond acceptors (Lipinski definition) is 3. The number of fused-ring (bicyclic) bond motifs is 1. The van der Waals surface area contributed by atoms with Crippen LogP contribution in [0.4, 0.5) is 0 Å². The minimum absolute atomic E-state index is 0.00226. The van der Waals surface area contributed by atoms with Crippen LogP contribution in [0.5, 0.6) is 0 Å². The molecule has 1 aromatic carbocycles. The molecular weight excluding hydrogens is 356 g/mol. The minimum atomic E-state index is 0.00226. The molecule has 0 aliphatic heterocycles. The van der Waals surface area contributed by atoms with E-state index in [4.69, 9.17) is 0 Å². The van der Waals surface area contributed by atoms with E-state index in [-0.39, 0.29) is 5.91 Å². The largest absolute Gasteiger partial charge is 0.361 e. The summed E-state index contributed by atoms with van der Waals surface area (Å²) in [5.41, 5.74) is 3.66. The number of hydrogen-bond donors (Lipinski definition) is 2. The molecule has 0 unspecified atom stereocenters. The van der Waals surface area contributed by atoms with Crippen molar-refractivity contribution in [2.75, 3.05) is 0 Å². The van der Waals surface area contributed by atoms with Crippen molar-refractivity contribution in [3.63, 3.8) is 0 Å². The number of carbonyl (C=O) groups is 1. The van der Waals surface area contributed by atoms with Crippen LogP contribution in [0.1, 0.15) is 33.8 Å². The van der Waals surface area contributed by atoms with Gasteiger partial charge in [0.25, 0.3) is 5.91 Å². The molecule has 1 amide bonds. The van der Waals surface area contributed by atoms with Crippen molar-refractivity contribution in [1.82, 2.24) is 20.1 Å². The number of thiophene rings is 1. The Morgan fingerprint density at radius 3 is 2.89 bits per heavy atom. The minimum Gasteiger partial charge on any atom is -0.361 e. The smallest absolute Gasteiger partial charge is 0.274 e. The number of nitrogens with one attached hydrogen (secondary N) is 2. The van der Waals surface area contributed by atoms with E-state index in [9.17, 15) is 4.79 Å². The van der Waals surface area contributed by atoms with E-state index < -0.39 is 0 Å². The van der Waals surface area contributed by atoms with Gasteiger partial charge in [-0.1, -0.05) is 6.07 Å². The Hall–Kier alpha value is -2.86. The zero-order valence-corrected chi connectivity index (χ0v) is 15.8. The summed E-state index contributed by atoms with van der Waals surface area (Å²) in [5, 5.41) is 8.50. The van der Waals surface area contributed by atoms with E-state index >= 15 is 0 Å². The first-order valence-corrected chi connectivity index (χ1v) is 9.98. The quantitative estimate of drug-likeness (QED) is 0.529. The highest BCUT2D eigenvalue weighted by molar-refractivity contribution is 7.15. The van der Waals surface area contributed by atoms with Gasteiger partial charge in [-0.3, -0.25) is 9.89 Å². The second-order valence-corrected chi connectivity index (χ2v) is 8.43. The third-order valence-electron chi connectivity index (χ3n) is 5.02. The first kappa shape index (κ1) is 16.3. The molecule has 3 aromatic heterocycles. The summed E-state index contributed by atoms with van der Waals surface area (Å²) in [5.74, 6) is 0.00226. The molecule has 1 aliphatic rings. The molecule has 0 radical (unpaired) electrons. The summed E-state index contributed by atoms with van der Waals surface area (Å²) in [6.45, 7) is 2.69. The number of benzene rings is 1. The molecule has 4 aromatic rings. The van der Waals surface area contributed by atoms with Crippen LogP contribution in [0.3, 0.4) is 0 Å². The first-order chi connectivity index (χ1) is 13.2. The number of rotatable bonds is 5. The van der Waals surface area contributed by atoms with Crippen molar-refractivity contribution >= 4 is 28.1 Å². The van der Waals surface area contributed by atoms with Crippen molar-refractivity contribution in [3.05, 3.63) is 64.8 Å². The number of aromatic amines is 2. The molecule has 1 saturated carbocycles. The Balaban J connectivity index is 1.40. The van der Waals surface area contributed by atoms with Gasteiger partial charge < -0.3 is 9.88 Å². The lowest BCUT2D eigenvalue weighted by atomic mass is 10.1. The van der Waals surface area contributed by atoms with Gasteiger partial charge >= 0.3 is 0 Å². The predicted octanol–water partition coefficient (Wildman–Crippen LogP) is 4.73. The van der Waals surface area contributed by atoms with Gasteiger partial charge in [-0.05, 0) is 67.1 Å². The second-order valence-electron chi connectivity index (χ2n) is 7.14. The lowest BCUT2D eigenvalue weighted by Crippen LogP contribution is -2.32. The Morgan fingerprint density at radius 2 is 2.11 bits per heavy atom. The summed E-state index contributed by atoms with van der Waals surface area (Å²) in [6, 6.07) is 14.7. The van der Waals surface area contributed by atoms with E-state index in [1.165, 1.54) is 10.3 Å². The van der Waals surface area contributed by atoms with E-state index in [1.54, 1.807) is 11.3 Å². The highest BCUT2D eigenvalue weighted by Gasteiger charge is 2.34. The molecule has 1 aliphatic carbocycles. The number of nitrogens with zero attached hydrogens (tertiary/aromatic N) is 2. The third-order valence-corrected chi connectivity index (χ3v) is 6.06. The fourth-order valence-corrected chi connectivity index (χ4v) is 4.27. The highest BCUT2D eigenvalue weighted by Crippen LogP contribution is 2.31. The highest BCUT2D eigenvalue weighted by atomic mass is 32.1. The summed E-state index contributed by atoms with van der Waals surface area (Å²) < 4.78 is 0. The second kappa shape index (κ2) is 6.39. The predicted molar refractivity (Wildman–Crippen MR) is 108 cm³/mol. The molecule has 1 fully saturated rings. The van der Waals surface area contributed by atoms with Crippen molar-refractivity contribution in [3.8, 4) is 10.6 Å². The van der Waals surface area contributed by atoms with Crippen LogP contribution in [0.25, 0.3) is 21.5 Å². The summed E-state index contributed by atoms with van der Waals surface area (Å²) >= 11 is 1.70. The van der Waals surface area contributed by atoms with Gasteiger partial charge in [-0.25, -0.2) is 0 Å². The third kappa shape index (κ3) is 3.17. The topological polar surface area (TPSA) is 64.8 Å². The van der Waals surface area contributed by atoms with Gasteiger partial charge in [0.2, 0.25) is 0 Å². The molecule has 6 heteroatoms. The maximum Gasteiger partial charge on any atom is 0.274 e. The van der Waals surface area contributed by atoms with E-state index in [0.29, 0.717) is 18.3 Å². The molecule has 3 heterocycles. The Labute approximate surface area is 161 Å². The molecule has 5 nitrogen and oxygen atoms in total. The van der Waals surface area contributed by atoms with Gasteiger partial charge in [0.15, 0.2) is 5.69 Å². The first-order valence-electron chi connectivity index (χ1n) is 9.16. The van der Waals surface area contributed by atoms with Crippen molar-refractivity contribution in [2.45, 2.75) is 32.4 Å². The molecule has 27 heavy (non-hydrogen) atoms. The van der Waals surface area contributed by atoms with Crippen LogP contribution in [0.15, 0.2) is 48.7 Å². The normalized spacial score (nSPS) is 14.0. The lowest BCUT2D eigenvalue weighted by Gasteiger charge is -2.21. The maximum absolute atomic E-state index is 13.1. The molecule has 5 rings (SSSR count). The average Bonchev–Trinajstić information content (AvgIpc) is 3.07. The van der Waals surface area contributed by atoms with Crippen LogP contribution >= 0.6 is 11.3 Å². The number of carbonyl (C=O) groups excluding carboxylic acids is 1. The van der Waals surface area contributed by atoms with Gasteiger partial charge in [0.1, 0.15) is 0 Å². The van der Waals surface area contributed by atoms with E-state index in [1.807, 2.05) is 17.2 Å². The Bertz CT molecular complexity index is 1120. The van der Waals surface area contributed by atoms with Gasteiger partial charge in [0.05, 0.1) is 10.6 Å². The molecule has 0 spiro atoms. The number of H-pyrrole nitrogens is 2. The van der Waals surface area contributed by atoms with Crippen molar-refractivity contribution in [2.24, 2.45) is 0 Å². The molecule has 136 valence electrons. The fourth-order valence-electron chi connectivity index (χ4n) is 3.43. The monoisotopic (exact) mass is 376 g/mol. The summed E-state index contributed by atoms with van der Waals surface area (Å²) in [4.78, 5) is 20.7. The molecule has 0 bridgehead atoms. The standard InChI is InChI=1S/C21H20N4OS/c1-13-2-7-20(27-13)18-11-19(24-23-18)21(26)25(16-4-5-16)12-14-3-6-17-15(10-14)8-9-22-17/h2-3,6-11,16,22H,4-5,12H2,1H3,(H,23,24). The van der Waals surface area contributed by atoms with E-state index in [0.717, 1.165) is 34.5 Å². The fraction of sp³-hybridized carbons (Fsp3) is 0.238. The molecule has 0 saturated heterocycles. The number of amides is 1. The Kier molecular flexibility index (Phi) is 3.86. The average molecular weight is 376 g/mol. The maximum atomic E-state index is 13.1. The Morgan fingerprint density at radius 1 is 1.22 bits per heavy atom. The molecular formula is C21H20N4OS. The molecule has 2 N–H and O–H groups in total. The van der Waals surface area contributed by atoms with Crippen LogP contribution in [-0.4, -0.2) is 32.0 Å². The lowest BCUT2D eigenvalue weighted by molar-refractivity contribution is 0.0724. The zero-order chi connectivity index (χ0) is 18.4.